The molecule has 5 heteroatoms. The molecule has 1 aliphatic heterocycles. The second kappa shape index (κ2) is 12.6. The second-order valence-electron chi connectivity index (χ2n) is 8.11. The largest absolute Gasteiger partial charge is 0.357 e. The summed E-state index contributed by atoms with van der Waals surface area (Å²) in [4.78, 5) is 9.97. The van der Waals surface area contributed by atoms with Crippen LogP contribution >= 0.6 is 0 Å². The maximum absolute atomic E-state index is 4.85. The van der Waals surface area contributed by atoms with Gasteiger partial charge in [0.1, 0.15) is 0 Å². The van der Waals surface area contributed by atoms with Gasteiger partial charge in [-0.1, -0.05) is 39.0 Å². The average molecular weight is 366 g/mol. The van der Waals surface area contributed by atoms with Crippen LogP contribution in [0.2, 0.25) is 0 Å². The first-order valence-corrected chi connectivity index (χ1v) is 11.2. The van der Waals surface area contributed by atoms with E-state index in [1.54, 1.807) is 0 Å². The summed E-state index contributed by atoms with van der Waals surface area (Å²) in [5.74, 6) is 1.97. The fourth-order valence-electron chi connectivity index (χ4n) is 4.27. The molecule has 26 heavy (non-hydrogen) atoms. The lowest BCUT2D eigenvalue weighted by Gasteiger charge is -2.37. The van der Waals surface area contributed by atoms with Gasteiger partial charge in [-0.25, -0.2) is 0 Å². The minimum Gasteiger partial charge on any atom is -0.357 e. The van der Waals surface area contributed by atoms with E-state index in [4.69, 9.17) is 4.99 Å². The summed E-state index contributed by atoms with van der Waals surface area (Å²) in [7, 11) is 0. The number of hydrogen-bond acceptors (Lipinski definition) is 3. The van der Waals surface area contributed by atoms with Crippen molar-refractivity contribution in [1.29, 1.82) is 0 Å². The van der Waals surface area contributed by atoms with Gasteiger partial charge in [0.05, 0.1) is 6.54 Å². The predicted molar refractivity (Wildman–Crippen MR) is 113 cm³/mol. The molecule has 1 heterocycles. The van der Waals surface area contributed by atoms with Gasteiger partial charge in [-0.15, -0.1) is 0 Å². The molecule has 0 amide bonds. The van der Waals surface area contributed by atoms with Crippen LogP contribution in [0.25, 0.3) is 0 Å². The van der Waals surface area contributed by atoms with Crippen LogP contribution < -0.4 is 10.6 Å². The van der Waals surface area contributed by atoms with E-state index in [1.807, 2.05) is 0 Å². The summed E-state index contributed by atoms with van der Waals surface area (Å²) >= 11 is 0. The molecule has 0 radical (unpaired) electrons. The highest BCUT2D eigenvalue weighted by Gasteiger charge is 2.20. The van der Waals surface area contributed by atoms with Crippen molar-refractivity contribution in [3.8, 4) is 0 Å². The van der Waals surface area contributed by atoms with Crippen LogP contribution in [0.3, 0.4) is 0 Å². The van der Waals surface area contributed by atoms with E-state index in [1.165, 1.54) is 77.7 Å². The minimum atomic E-state index is 0.520. The first-order valence-electron chi connectivity index (χ1n) is 11.2. The Balaban J connectivity index is 1.66. The second-order valence-corrected chi connectivity index (χ2v) is 8.11. The van der Waals surface area contributed by atoms with Crippen LogP contribution in [0.1, 0.15) is 65.7 Å². The summed E-state index contributed by atoms with van der Waals surface area (Å²) in [5, 5.41) is 6.95. The Bertz CT molecular complexity index is 384. The molecule has 1 saturated heterocycles. The first-order chi connectivity index (χ1) is 12.7. The topological polar surface area (TPSA) is 42.9 Å². The zero-order valence-electron chi connectivity index (χ0n) is 17.6. The maximum atomic E-state index is 4.85. The van der Waals surface area contributed by atoms with Crippen molar-refractivity contribution in [3.05, 3.63) is 0 Å². The van der Waals surface area contributed by atoms with E-state index in [0.29, 0.717) is 6.04 Å². The standard InChI is InChI=1S/C21H43N5/c1-4-22-21(23-13-9-12-20-10-7-6-8-11-20)24-18-19(3)26-16-14-25(5-2)15-17-26/h19-20H,4-18H2,1-3H3,(H2,22,23,24). The molecule has 2 N–H and O–H groups in total. The van der Waals surface area contributed by atoms with Gasteiger partial charge < -0.3 is 15.5 Å². The lowest BCUT2D eigenvalue weighted by atomic mass is 9.86. The Morgan fingerprint density at radius 3 is 2.42 bits per heavy atom. The number of piperazine rings is 1. The number of hydrogen-bond donors (Lipinski definition) is 2. The average Bonchev–Trinajstić information content (AvgIpc) is 2.70. The van der Waals surface area contributed by atoms with Crippen LogP contribution in [0.15, 0.2) is 4.99 Å². The normalized spacial score (nSPS) is 22.3. The molecule has 1 saturated carbocycles. The van der Waals surface area contributed by atoms with Gasteiger partial charge in [-0.05, 0) is 39.2 Å². The highest BCUT2D eigenvalue weighted by molar-refractivity contribution is 5.79. The van der Waals surface area contributed by atoms with Crippen molar-refractivity contribution in [2.45, 2.75) is 71.8 Å². The van der Waals surface area contributed by atoms with E-state index in [0.717, 1.165) is 31.5 Å². The summed E-state index contributed by atoms with van der Waals surface area (Å²) < 4.78 is 0. The molecule has 5 nitrogen and oxygen atoms in total. The zero-order chi connectivity index (χ0) is 18.6. The molecule has 0 aromatic carbocycles. The van der Waals surface area contributed by atoms with Crippen LogP contribution in [0.5, 0.6) is 0 Å². The predicted octanol–water partition coefficient (Wildman–Crippen LogP) is 2.93. The van der Waals surface area contributed by atoms with E-state index in [-0.39, 0.29) is 0 Å². The molecular formula is C21H43N5. The Morgan fingerprint density at radius 2 is 1.77 bits per heavy atom. The number of guanidine groups is 1. The van der Waals surface area contributed by atoms with Crippen molar-refractivity contribution in [2.24, 2.45) is 10.9 Å². The highest BCUT2D eigenvalue weighted by atomic mass is 15.3. The quantitative estimate of drug-likeness (QED) is 0.375. The molecule has 152 valence electrons. The smallest absolute Gasteiger partial charge is 0.191 e. The lowest BCUT2D eigenvalue weighted by Crippen LogP contribution is -2.50. The Labute approximate surface area is 162 Å². The molecule has 0 spiro atoms. The van der Waals surface area contributed by atoms with Gasteiger partial charge in [0.15, 0.2) is 5.96 Å². The van der Waals surface area contributed by atoms with Crippen LogP contribution in [-0.4, -0.2) is 74.2 Å². The van der Waals surface area contributed by atoms with E-state index in [9.17, 15) is 0 Å². The fraction of sp³-hybridized carbons (Fsp3) is 0.952. The van der Waals surface area contributed by atoms with Gasteiger partial charge in [-0.2, -0.15) is 0 Å². The van der Waals surface area contributed by atoms with Crippen LogP contribution in [0, 0.1) is 5.92 Å². The SMILES string of the molecule is CCNC(=NCC(C)N1CCN(CC)CC1)NCCCC1CCCCC1. The third-order valence-corrected chi connectivity index (χ3v) is 6.14. The van der Waals surface area contributed by atoms with Crippen LogP contribution in [-0.2, 0) is 0 Å². The van der Waals surface area contributed by atoms with E-state index in [2.05, 4.69) is 41.2 Å². The van der Waals surface area contributed by atoms with Crippen molar-refractivity contribution < 1.29 is 0 Å². The molecule has 0 aromatic rings. The van der Waals surface area contributed by atoms with Gasteiger partial charge in [0, 0.05) is 45.3 Å². The molecule has 1 atom stereocenters. The first kappa shape index (κ1) is 21.5. The van der Waals surface area contributed by atoms with Crippen molar-refractivity contribution in [1.82, 2.24) is 20.4 Å². The number of likely N-dealkylation sites (N-methyl/N-ethyl adjacent to an activating group) is 1. The summed E-state index contributed by atoms with van der Waals surface area (Å²) in [5.41, 5.74) is 0. The Kier molecular flexibility index (Phi) is 10.4. The number of nitrogens with zero attached hydrogens (tertiary/aromatic N) is 3. The minimum absolute atomic E-state index is 0.520. The molecule has 1 unspecified atom stereocenters. The molecule has 0 aromatic heterocycles. The van der Waals surface area contributed by atoms with Crippen LogP contribution in [0.4, 0.5) is 0 Å². The third kappa shape index (κ3) is 7.83. The maximum Gasteiger partial charge on any atom is 0.191 e. The Morgan fingerprint density at radius 1 is 1.04 bits per heavy atom. The molecule has 1 aliphatic carbocycles. The van der Waals surface area contributed by atoms with Gasteiger partial charge >= 0.3 is 0 Å². The van der Waals surface area contributed by atoms with E-state index < -0.39 is 0 Å². The van der Waals surface area contributed by atoms with E-state index >= 15 is 0 Å². The van der Waals surface area contributed by atoms with Gasteiger partial charge in [-0.3, -0.25) is 9.89 Å². The zero-order valence-corrected chi connectivity index (χ0v) is 17.6. The fourth-order valence-corrected chi connectivity index (χ4v) is 4.27. The molecule has 2 rings (SSSR count). The molecule has 0 bridgehead atoms. The Hall–Kier alpha value is -0.810. The molecule has 2 aliphatic rings. The molecular weight excluding hydrogens is 322 g/mol. The van der Waals surface area contributed by atoms with Gasteiger partial charge in [0.2, 0.25) is 0 Å². The number of nitrogens with one attached hydrogen (secondary N) is 2. The van der Waals surface area contributed by atoms with Crippen molar-refractivity contribution in [3.63, 3.8) is 0 Å². The van der Waals surface area contributed by atoms with Gasteiger partial charge in [0.25, 0.3) is 0 Å². The highest BCUT2D eigenvalue weighted by Crippen LogP contribution is 2.26. The summed E-state index contributed by atoms with van der Waals surface area (Å²) in [6.45, 7) is 15.5. The number of aliphatic imine (C=N–C) groups is 1. The molecule has 2 fully saturated rings. The summed E-state index contributed by atoms with van der Waals surface area (Å²) in [6, 6.07) is 0.520. The summed E-state index contributed by atoms with van der Waals surface area (Å²) in [6.07, 6.45) is 9.92. The lowest BCUT2D eigenvalue weighted by molar-refractivity contribution is 0.109. The third-order valence-electron chi connectivity index (χ3n) is 6.14. The van der Waals surface area contributed by atoms with Crippen molar-refractivity contribution in [2.75, 3.05) is 52.4 Å². The number of rotatable bonds is 9. The monoisotopic (exact) mass is 365 g/mol. The van der Waals surface area contributed by atoms with Crippen molar-refractivity contribution >= 4 is 5.96 Å².